The van der Waals surface area contributed by atoms with Gasteiger partial charge in [0.05, 0.1) is 24.0 Å². The summed E-state index contributed by atoms with van der Waals surface area (Å²) in [5.41, 5.74) is 3.79. The number of carbonyl (C=O) groups is 1. The topological polar surface area (TPSA) is 103 Å². The normalized spacial score (nSPS) is 10.8. The minimum absolute atomic E-state index is 0.00517. The lowest BCUT2D eigenvalue weighted by molar-refractivity contribution is -0.384. The van der Waals surface area contributed by atoms with Gasteiger partial charge in [0.1, 0.15) is 6.61 Å². The second-order valence-corrected chi connectivity index (χ2v) is 9.12. The van der Waals surface area contributed by atoms with Crippen LogP contribution in [0.1, 0.15) is 11.1 Å². The van der Waals surface area contributed by atoms with Crippen LogP contribution in [0.15, 0.2) is 75.1 Å². The number of nitrogens with one attached hydrogen (secondary N) is 1. The Kier molecular flexibility index (Phi) is 9.32. The van der Waals surface area contributed by atoms with Crippen LogP contribution in [0.2, 0.25) is 5.02 Å². The lowest BCUT2D eigenvalue weighted by Crippen LogP contribution is -2.19. The van der Waals surface area contributed by atoms with Crippen molar-refractivity contribution in [2.24, 2.45) is 5.10 Å². The number of benzene rings is 3. The highest BCUT2D eigenvalue weighted by molar-refractivity contribution is 9.10. The first kappa shape index (κ1) is 25.5. The Morgan fingerprint density at radius 1 is 1.21 bits per heavy atom. The molecular formula is C23H19BrClN3O5S. The molecule has 0 saturated heterocycles. The summed E-state index contributed by atoms with van der Waals surface area (Å²) in [6.07, 6.45) is 1.49. The number of ether oxygens (including phenoxy) is 2. The lowest BCUT2D eigenvalue weighted by atomic mass is 10.2. The molecule has 3 aromatic carbocycles. The first-order valence-corrected chi connectivity index (χ1v) is 12.0. The predicted molar refractivity (Wildman–Crippen MR) is 136 cm³/mol. The third kappa shape index (κ3) is 7.47. The molecule has 11 heteroatoms. The van der Waals surface area contributed by atoms with Gasteiger partial charge in [0.25, 0.3) is 5.69 Å². The molecule has 0 atom stereocenters. The number of hydrogen-bond acceptors (Lipinski definition) is 7. The molecule has 0 bridgehead atoms. The van der Waals surface area contributed by atoms with E-state index in [0.29, 0.717) is 32.1 Å². The average molecular weight is 565 g/mol. The Labute approximate surface area is 213 Å². The molecule has 3 rings (SSSR count). The Bertz CT molecular complexity index is 1210. The highest BCUT2D eigenvalue weighted by Gasteiger charge is 2.12. The molecule has 0 aromatic heterocycles. The van der Waals surface area contributed by atoms with Gasteiger partial charge in [-0.15, -0.1) is 11.8 Å². The quantitative estimate of drug-likeness (QED) is 0.144. The number of nitrogens with zero attached hydrogens (tertiary/aromatic N) is 2. The molecule has 1 N–H and O–H groups in total. The Hall–Kier alpha value is -3.08. The van der Waals surface area contributed by atoms with Crippen molar-refractivity contribution in [1.82, 2.24) is 5.43 Å². The first-order chi connectivity index (χ1) is 16.4. The van der Waals surface area contributed by atoms with Gasteiger partial charge in [-0.2, -0.15) is 5.10 Å². The fourth-order valence-electron chi connectivity index (χ4n) is 2.73. The van der Waals surface area contributed by atoms with Crippen LogP contribution in [0.5, 0.6) is 11.5 Å². The number of rotatable bonds is 10. The summed E-state index contributed by atoms with van der Waals surface area (Å²) in [4.78, 5) is 23.5. The van der Waals surface area contributed by atoms with Gasteiger partial charge in [-0.1, -0.05) is 23.7 Å². The smallest absolute Gasteiger partial charge is 0.269 e. The fourth-order valence-corrected chi connectivity index (χ4v) is 3.97. The van der Waals surface area contributed by atoms with Crippen LogP contribution in [-0.2, 0) is 11.4 Å². The van der Waals surface area contributed by atoms with Gasteiger partial charge in [0, 0.05) is 32.1 Å². The van der Waals surface area contributed by atoms with Gasteiger partial charge in [0.15, 0.2) is 11.5 Å². The number of nitro benzene ring substituents is 1. The van der Waals surface area contributed by atoms with E-state index in [4.69, 9.17) is 21.1 Å². The molecule has 0 saturated carbocycles. The molecule has 0 unspecified atom stereocenters. The van der Waals surface area contributed by atoms with E-state index < -0.39 is 4.92 Å². The molecule has 0 aliphatic heterocycles. The van der Waals surface area contributed by atoms with E-state index in [-0.39, 0.29) is 24.0 Å². The molecule has 0 aliphatic rings. The minimum atomic E-state index is -0.454. The van der Waals surface area contributed by atoms with E-state index in [9.17, 15) is 14.9 Å². The third-order valence-electron chi connectivity index (χ3n) is 4.38. The molecule has 176 valence electrons. The number of hydrogen-bond donors (Lipinski definition) is 1. The summed E-state index contributed by atoms with van der Waals surface area (Å²) in [5, 5.41) is 15.6. The lowest BCUT2D eigenvalue weighted by Gasteiger charge is -2.12. The summed E-state index contributed by atoms with van der Waals surface area (Å²) in [6, 6.07) is 16.8. The van der Waals surface area contributed by atoms with E-state index in [1.54, 1.807) is 36.4 Å². The van der Waals surface area contributed by atoms with E-state index >= 15 is 0 Å². The van der Waals surface area contributed by atoms with Gasteiger partial charge < -0.3 is 9.47 Å². The second-order valence-electron chi connectivity index (χ2n) is 6.78. The molecule has 8 nitrogen and oxygen atoms in total. The van der Waals surface area contributed by atoms with Crippen molar-refractivity contribution in [2.45, 2.75) is 11.5 Å². The molecule has 1 amide bonds. The number of nitro groups is 1. The summed E-state index contributed by atoms with van der Waals surface area (Å²) in [6.45, 7) is 0.124. The standard InChI is InChI=1S/C23H19BrClN3O5S/c1-32-21-10-16(12-26-27-23(29)14-34-19-7-5-17(25)6-8-19)20(24)11-22(21)33-13-15-3-2-4-18(9-15)28(30)31/h2-12H,13-14H2,1H3,(H,27,29)/b26-12-. The van der Waals surface area contributed by atoms with Gasteiger partial charge in [-0.3, -0.25) is 14.9 Å². The van der Waals surface area contributed by atoms with Crippen molar-refractivity contribution < 1.29 is 19.2 Å². The van der Waals surface area contributed by atoms with Crippen LogP contribution in [0.25, 0.3) is 0 Å². The largest absolute Gasteiger partial charge is 0.493 e. The monoisotopic (exact) mass is 563 g/mol. The van der Waals surface area contributed by atoms with Crippen LogP contribution in [-0.4, -0.2) is 29.9 Å². The van der Waals surface area contributed by atoms with Crippen LogP contribution in [0.4, 0.5) is 5.69 Å². The maximum absolute atomic E-state index is 12.1. The van der Waals surface area contributed by atoms with Crippen LogP contribution < -0.4 is 14.9 Å². The minimum Gasteiger partial charge on any atom is -0.493 e. The molecule has 3 aromatic rings. The molecule has 0 aliphatic carbocycles. The Morgan fingerprint density at radius 3 is 2.68 bits per heavy atom. The molecular weight excluding hydrogens is 546 g/mol. The van der Waals surface area contributed by atoms with Gasteiger partial charge >= 0.3 is 0 Å². The molecule has 0 radical (unpaired) electrons. The zero-order valence-electron chi connectivity index (χ0n) is 17.9. The van der Waals surface area contributed by atoms with Crippen LogP contribution >= 0.6 is 39.3 Å². The number of methoxy groups -OCH3 is 1. The Morgan fingerprint density at radius 2 is 1.97 bits per heavy atom. The SMILES string of the molecule is COc1cc(/C=N\NC(=O)CSc2ccc(Cl)cc2)c(Br)cc1OCc1cccc([N+](=O)[O-])c1. The van der Waals surface area contributed by atoms with Crippen molar-refractivity contribution in [3.8, 4) is 11.5 Å². The number of amides is 1. The highest BCUT2D eigenvalue weighted by Crippen LogP contribution is 2.33. The van der Waals surface area contributed by atoms with Crippen molar-refractivity contribution in [2.75, 3.05) is 12.9 Å². The number of halogens is 2. The van der Waals surface area contributed by atoms with Crippen molar-refractivity contribution in [1.29, 1.82) is 0 Å². The number of thioether (sulfide) groups is 1. The summed E-state index contributed by atoms with van der Waals surface area (Å²) < 4.78 is 11.9. The van der Waals surface area contributed by atoms with E-state index in [1.807, 2.05) is 12.1 Å². The highest BCUT2D eigenvalue weighted by atomic mass is 79.9. The van der Waals surface area contributed by atoms with E-state index in [1.165, 1.54) is 37.2 Å². The predicted octanol–water partition coefficient (Wildman–Crippen LogP) is 5.84. The number of carbonyl (C=O) groups excluding carboxylic acids is 1. The Balaban J connectivity index is 1.59. The third-order valence-corrected chi connectivity index (χ3v) is 6.33. The van der Waals surface area contributed by atoms with Crippen molar-refractivity contribution in [3.05, 3.63) is 91.4 Å². The summed E-state index contributed by atoms with van der Waals surface area (Å²) >= 11 is 10.7. The second kappa shape index (κ2) is 12.4. The number of hydrazone groups is 1. The maximum Gasteiger partial charge on any atom is 0.269 e. The van der Waals surface area contributed by atoms with E-state index in [2.05, 4.69) is 26.5 Å². The van der Waals surface area contributed by atoms with Gasteiger partial charge in [0.2, 0.25) is 5.91 Å². The molecule has 0 heterocycles. The zero-order valence-corrected chi connectivity index (χ0v) is 21.0. The van der Waals surface area contributed by atoms with Crippen molar-refractivity contribution in [3.63, 3.8) is 0 Å². The molecule has 0 spiro atoms. The summed E-state index contributed by atoms with van der Waals surface area (Å²) in [7, 11) is 1.50. The van der Waals surface area contributed by atoms with Crippen LogP contribution in [0.3, 0.4) is 0 Å². The summed E-state index contributed by atoms with van der Waals surface area (Å²) in [5.74, 6) is 0.839. The van der Waals surface area contributed by atoms with Crippen LogP contribution in [0, 0.1) is 10.1 Å². The molecule has 34 heavy (non-hydrogen) atoms. The average Bonchev–Trinajstić information content (AvgIpc) is 2.83. The van der Waals surface area contributed by atoms with E-state index in [0.717, 1.165) is 4.90 Å². The number of non-ortho nitro benzene ring substituents is 1. The van der Waals surface area contributed by atoms with Gasteiger partial charge in [-0.25, -0.2) is 5.43 Å². The first-order valence-electron chi connectivity index (χ1n) is 9.79. The van der Waals surface area contributed by atoms with Gasteiger partial charge in [-0.05, 0) is 57.9 Å². The fraction of sp³-hybridized carbons (Fsp3) is 0.130. The zero-order chi connectivity index (χ0) is 24.5. The maximum atomic E-state index is 12.1. The van der Waals surface area contributed by atoms with Crippen molar-refractivity contribution >= 4 is 57.1 Å². The molecule has 0 fully saturated rings.